The van der Waals surface area contributed by atoms with Crippen LogP contribution in [-0.4, -0.2) is 0 Å². The van der Waals surface area contributed by atoms with Gasteiger partial charge in [-0.15, -0.1) is 0 Å². The molecule has 2 aromatic carbocycles. The monoisotopic (exact) mass is 358 g/mol. The van der Waals surface area contributed by atoms with Crippen LogP contribution in [0.5, 0.6) is 5.75 Å². The fourth-order valence-electron chi connectivity index (χ4n) is 2.16. The van der Waals surface area contributed by atoms with Crippen LogP contribution in [0.3, 0.4) is 0 Å². The number of benzene rings is 2. The second-order valence-electron chi connectivity index (χ2n) is 5.08. The fourth-order valence-corrected chi connectivity index (χ4v) is 2.16. The summed E-state index contributed by atoms with van der Waals surface area (Å²) in [6.45, 7) is 3.87. The number of hydrogen-bond acceptors (Lipinski definition) is 1. The molecule has 0 amide bonds. The molecule has 0 aromatic heterocycles. The van der Waals surface area contributed by atoms with Crippen molar-refractivity contribution in [3.63, 3.8) is 0 Å². The quantitative estimate of drug-likeness (QED) is 0.370. The molecule has 25 heavy (non-hydrogen) atoms. The Bertz CT molecular complexity index is 807. The van der Waals surface area contributed by atoms with Gasteiger partial charge in [-0.1, -0.05) is 12.7 Å². The van der Waals surface area contributed by atoms with Crippen molar-refractivity contribution in [2.45, 2.75) is 13.5 Å². The van der Waals surface area contributed by atoms with E-state index in [1.165, 1.54) is 0 Å². The van der Waals surface area contributed by atoms with Gasteiger partial charge in [0.25, 0.3) is 0 Å². The summed E-state index contributed by atoms with van der Waals surface area (Å²) in [5.74, 6) is -8.33. The molecule has 0 heterocycles. The molecule has 2 aromatic rings. The minimum atomic E-state index is -1.66. The molecule has 0 spiro atoms. The van der Waals surface area contributed by atoms with E-state index in [1.54, 1.807) is 0 Å². The Labute approximate surface area is 139 Å². The van der Waals surface area contributed by atoms with Gasteiger partial charge in [-0.2, -0.15) is 0 Å². The lowest BCUT2D eigenvalue weighted by molar-refractivity contribution is 0.272. The number of ether oxygens (including phenoxy) is 1. The van der Waals surface area contributed by atoms with Crippen LogP contribution in [0.2, 0.25) is 0 Å². The van der Waals surface area contributed by atoms with Gasteiger partial charge in [0.05, 0.1) is 0 Å². The first kappa shape index (κ1) is 18.6. The lowest BCUT2D eigenvalue weighted by Crippen LogP contribution is -2.03. The van der Waals surface area contributed by atoms with Gasteiger partial charge < -0.3 is 4.74 Å². The smallest absolute Gasteiger partial charge is 0.194 e. The first-order chi connectivity index (χ1) is 11.7. The largest absolute Gasteiger partial charge is 0.483 e. The molecule has 1 nitrogen and oxygen atoms in total. The highest BCUT2D eigenvalue weighted by Gasteiger charge is 2.16. The van der Waals surface area contributed by atoms with Gasteiger partial charge in [-0.05, 0) is 42.3 Å². The van der Waals surface area contributed by atoms with Crippen LogP contribution < -0.4 is 4.74 Å². The van der Waals surface area contributed by atoms with Crippen LogP contribution in [0.15, 0.2) is 42.7 Å². The molecule has 7 heteroatoms. The molecule has 0 saturated carbocycles. The maximum atomic E-state index is 14.0. The zero-order valence-corrected chi connectivity index (χ0v) is 13.0. The van der Waals surface area contributed by atoms with E-state index >= 15 is 0 Å². The van der Waals surface area contributed by atoms with Crippen LogP contribution in [0.25, 0.3) is 5.57 Å². The highest BCUT2D eigenvalue weighted by molar-refractivity contribution is 5.75. The molecule has 2 rings (SSSR count). The van der Waals surface area contributed by atoms with Crippen LogP contribution in [0, 0.1) is 29.1 Å². The lowest BCUT2D eigenvalue weighted by atomic mass is 10.0. The third kappa shape index (κ3) is 4.04. The van der Waals surface area contributed by atoms with Crippen LogP contribution >= 0.6 is 0 Å². The normalized spacial score (nSPS) is 12.0. The summed E-state index contributed by atoms with van der Waals surface area (Å²) in [5.41, 5.74) is -0.339. The van der Waals surface area contributed by atoms with Crippen molar-refractivity contribution in [3.05, 3.63) is 83.0 Å². The van der Waals surface area contributed by atoms with Gasteiger partial charge in [0, 0.05) is 5.57 Å². The highest BCUT2D eigenvalue weighted by atomic mass is 19.2. The molecular weight excluding hydrogens is 346 g/mol. The number of hydrogen-bond donors (Lipinski definition) is 0. The molecule has 0 saturated heterocycles. The van der Waals surface area contributed by atoms with Crippen molar-refractivity contribution >= 4 is 5.57 Å². The van der Waals surface area contributed by atoms with Crippen molar-refractivity contribution in [2.24, 2.45) is 0 Å². The van der Waals surface area contributed by atoms with Crippen molar-refractivity contribution < 1.29 is 31.1 Å². The third-order valence-corrected chi connectivity index (χ3v) is 3.31. The van der Waals surface area contributed by atoms with E-state index in [0.717, 1.165) is 25.1 Å². The minimum absolute atomic E-state index is 0.0868. The van der Waals surface area contributed by atoms with Crippen molar-refractivity contribution in [1.82, 2.24) is 0 Å². The van der Waals surface area contributed by atoms with Gasteiger partial charge in [0.2, 0.25) is 0 Å². The second kappa shape index (κ2) is 7.46. The van der Waals surface area contributed by atoms with E-state index < -0.39 is 47.3 Å². The Morgan fingerprint density at radius 1 is 0.960 bits per heavy atom. The summed E-state index contributed by atoms with van der Waals surface area (Å²) < 4.78 is 85.4. The van der Waals surface area contributed by atoms with Crippen molar-refractivity contribution in [3.8, 4) is 5.75 Å². The standard InChI is InChI=1S/C18H12F6O/c1-3-12(9(2)19)11-6-15(22)18(16(23)7-11)25-8-10-4-13(20)17(24)14(21)5-10/h3-7H,1,8H2,2H3/b12-9-. The van der Waals surface area contributed by atoms with E-state index in [-0.39, 0.29) is 16.7 Å². The number of rotatable bonds is 5. The Kier molecular flexibility index (Phi) is 5.56. The summed E-state index contributed by atoms with van der Waals surface area (Å²) in [4.78, 5) is 0. The topological polar surface area (TPSA) is 9.23 Å². The Morgan fingerprint density at radius 2 is 1.48 bits per heavy atom. The SMILES string of the molecule is C=C/C(=C(\C)F)c1cc(F)c(OCc2cc(F)c(F)c(F)c2)c(F)c1. The Balaban J connectivity index is 2.30. The molecule has 0 atom stereocenters. The van der Waals surface area contributed by atoms with Crippen LogP contribution in [0.1, 0.15) is 18.1 Å². The molecule has 0 fully saturated rings. The molecule has 0 unspecified atom stereocenters. The predicted molar refractivity (Wildman–Crippen MR) is 80.9 cm³/mol. The summed E-state index contributed by atoms with van der Waals surface area (Å²) >= 11 is 0. The van der Waals surface area contributed by atoms with Gasteiger partial charge in [-0.3, -0.25) is 0 Å². The van der Waals surface area contributed by atoms with Gasteiger partial charge in [0.15, 0.2) is 34.8 Å². The van der Waals surface area contributed by atoms with E-state index in [4.69, 9.17) is 4.74 Å². The first-order valence-electron chi connectivity index (χ1n) is 6.99. The maximum absolute atomic E-state index is 14.0. The number of allylic oxidation sites excluding steroid dienone is 3. The molecule has 132 valence electrons. The molecule has 0 bridgehead atoms. The fraction of sp³-hybridized carbons (Fsp3) is 0.111. The van der Waals surface area contributed by atoms with Crippen molar-refractivity contribution in [1.29, 1.82) is 0 Å². The zero-order valence-electron chi connectivity index (χ0n) is 13.0. The Morgan fingerprint density at radius 3 is 1.92 bits per heavy atom. The predicted octanol–water partition coefficient (Wildman–Crippen LogP) is 5.85. The van der Waals surface area contributed by atoms with Gasteiger partial charge in [0.1, 0.15) is 12.4 Å². The molecule has 0 aliphatic heterocycles. The second-order valence-corrected chi connectivity index (χ2v) is 5.08. The lowest BCUT2D eigenvalue weighted by Gasteiger charge is -2.11. The third-order valence-electron chi connectivity index (χ3n) is 3.31. The molecule has 0 aliphatic rings. The average Bonchev–Trinajstić information content (AvgIpc) is 2.52. The van der Waals surface area contributed by atoms with E-state index in [0.29, 0.717) is 12.1 Å². The van der Waals surface area contributed by atoms with Gasteiger partial charge >= 0.3 is 0 Å². The average molecular weight is 358 g/mol. The summed E-state index contributed by atoms with van der Waals surface area (Å²) in [7, 11) is 0. The minimum Gasteiger partial charge on any atom is -0.483 e. The van der Waals surface area contributed by atoms with Gasteiger partial charge in [-0.25, -0.2) is 26.3 Å². The summed E-state index contributed by atoms with van der Waals surface area (Å²) in [5, 5.41) is 0. The van der Waals surface area contributed by atoms with Crippen LogP contribution in [-0.2, 0) is 6.61 Å². The van der Waals surface area contributed by atoms with E-state index in [1.807, 2.05) is 0 Å². The maximum Gasteiger partial charge on any atom is 0.194 e. The highest BCUT2D eigenvalue weighted by Crippen LogP contribution is 2.29. The molecular formula is C18H12F6O. The Hall–Kier alpha value is -2.70. The van der Waals surface area contributed by atoms with Crippen molar-refractivity contribution in [2.75, 3.05) is 0 Å². The molecule has 0 radical (unpaired) electrons. The van der Waals surface area contributed by atoms with E-state index in [2.05, 4.69) is 6.58 Å². The molecule has 0 aliphatic carbocycles. The summed E-state index contributed by atoms with van der Waals surface area (Å²) in [6.07, 6.45) is 1.11. The first-order valence-corrected chi connectivity index (χ1v) is 6.99. The summed E-state index contributed by atoms with van der Waals surface area (Å²) in [6, 6.07) is 2.97. The molecule has 0 N–H and O–H groups in total. The zero-order chi connectivity index (χ0) is 18.7. The van der Waals surface area contributed by atoms with E-state index in [9.17, 15) is 26.3 Å². The van der Waals surface area contributed by atoms with Crippen LogP contribution in [0.4, 0.5) is 26.3 Å². The number of halogens is 6.